The average molecular weight is 288 g/mol. The maximum atomic E-state index is 11.7. The summed E-state index contributed by atoms with van der Waals surface area (Å²) in [6.07, 6.45) is 8.83. The van der Waals surface area contributed by atoms with Crippen molar-refractivity contribution in [1.82, 2.24) is 10.6 Å². The number of carbonyl (C=O) groups excluding carboxylic acids is 1. The van der Waals surface area contributed by atoms with E-state index in [1.54, 1.807) is 0 Å². The lowest BCUT2D eigenvalue weighted by Gasteiger charge is -2.21. The summed E-state index contributed by atoms with van der Waals surface area (Å²) in [7, 11) is 0. The zero-order valence-corrected chi connectivity index (χ0v) is 13.2. The predicted octanol–water partition coefficient (Wildman–Crippen LogP) is 3.81. The summed E-state index contributed by atoms with van der Waals surface area (Å²) >= 11 is 0. The minimum atomic E-state index is -0.0292. The highest BCUT2D eigenvalue weighted by Crippen LogP contribution is 2.25. The average Bonchev–Trinajstić information content (AvgIpc) is 2.48. The molecule has 116 valence electrons. The topological polar surface area (TPSA) is 41.1 Å². The summed E-state index contributed by atoms with van der Waals surface area (Å²) in [4.78, 5) is 11.7. The Bertz CT molecular complexity index is 439. The molecule has 1 aliphatic carbocycles. The van der Waals surface area contributed by atoms with E-state index in [1.807, 2.05) is 0 Å². The lowest BCUT2D eigenvalue weighted by Crippen LogP contribution is -2.37. The smallest absolute Gasteiger partial charge is 0.314 e. The minimum absolute atomic E-state index is 0.0292. The van der Waals surface area contributed by atoms with Crippen LogP contribution in [0.15, 0.2) is 24.3 Å². The highest BCUT2D eigenvalue weighted by atomic mass is 16.2. The SMILES string of the molecule is Cc1cccc(CCNC(=O)NCCC2CCCCC2)c1. The van der Waals surface area contributed by atoms with Crippen LogP contribution in [0, 0.1) is 12.8 Å². The standard InChI is InChI=1S/C18H28N2O/c1-15-6-5-9-17(14-15)11-13-20-18(21)19-12-10-16-7-3-2-4-8-16/h5-6,9,14,16H,2-4,7-8,10-13H2,1H3,(H2,19,20,21). The molecular weight excluding hydrogens is 260 g/mol. The highest BCUT2D eigenvalue weighted by molar-refractivity contribution is 5.73. The van der Waals surface area contributed by atoms with E-state index >= 15 is 0 Å². The lowest BCUT2D eigenvalue weighted by atomic mass is 9.87. The second-order valence-electron chi connectivity index (χ2n) is 6.21. The molecular formula is C18H28N2O. The van der Waals surface area contributed by atoms with Crippen molar-refractivity contribution in [1.29, 1.82) is 0 Å². The van der Waals surface area contributed by atoms with Crippen LogP contribution in [-0.2, 0) is 6.42 Å². The maximum Gasteiger partial charge on any atom is 0.314 e. The molecule has 1 fully saturated rings. The van der Waals surface area contributed by atoms with Crippen molar-refractivity contribution in [3.05, 3.63) is 35.4 Å². The second-order valence-corrected chi connectivity index (χ2v) is 6.21. The fourth-order valence-corrected chi connectivity index (χ4v) is 3.12. The molecule has 0 atom stereocenters. The van der Waals surface area contributed by atoms with E-state index in [9.17, 15) is 4.79 Å². The van der Waals surface area contributed by atoms with E-state index in [2.05, 4.69) is 41.8 Å². The van der Waals surface area contributed by atoms with Gasteiger partial charge in [-0.25, -0.2) is 4.79 Å². The summed E-state index contributed by atoms with van der Waals surface area (Å²) < 4.78 is 0. The number of amides is 2. The first kappa shape index (κ1) is 15.9. The van der Waals surface area contributed by atoms with Gasteiger partial charge >= 0.3 is 6.03 Å². The highest BCUT2D eigenvalue weighted by Gasteiger charge is 2.13. The van der Waals surface area contributed by atoms with Gasteiger partial charge in [0.05, 0.1) is 0 Å². The van der Waals surface area contributed by atoms with Gasteiger partial charge in [-0.3, -0.25) is 0 Å². The van der Waals surface area contributed by atoms with E-state index in [-0.39, 0.29) is 6.03 Å². The van der Waals surface area contributed by atoms with Crippen molar-refractivity contribution in [3.8, 4) is 0 Å². The first-order chi connectivity index (χ1) is 10.2. The van der Waals surface area contributed by atoms with Crippen molar-refractivity contribution in [2.45, 2.75) is 51.9 Å². The molecule has 3 nitrogen and oxygen atoms in total. The summed E-state index contributed by atoms with van der Waals surface area (Å²) in [6.45, 7) is 3.59. The number of nitrogens with one attached hydrogen (secondary N) is 2. The van der Waals surface area contributed by atoms with Crippen LogP contribution in [0.25, 0.3) is 0 Å². The molecule has 0 unspecified atom stereocenters. The summed E-state index contributed by atoms with van der Waals surface area (Å²) in [5.41, 5.74) is 2.54. The Balaban J connectivity index is 1.55. The number of hydrogen-bond donors (Lipinski definition) is 2. The van der Waals surface area contributed by atoms with Crippen molar-refractivity contribution < 1.29 is 4.79 Å². The van der Waals surface area contributed by atoms with Crippen LogP contribution in [0.1, 0.15) is 49.7 Å². The molecule has 1 aliphatic rings. The van der Waals surface area contributed by atoms with Crippen LogP contribution in [0.3, 0.4) is 0 Å². The molecule has 0 aromatic heterocycles. The molecule has 21 heavy (non-hydrogen) atoms. The van der Waals surface area contributed by atoms with Gasteiger partial charge in [-0.05, 0) is 31.2 Å². The Labute approximate surface area is 128 Å². The Hall–Kier alpha value is -1.51. The number of aryl methyl sites for hydroxylation is 1. The molecule has 0 heterocycles. The molecule has 1 saturated carbocycles. The number of carbonyl (C=O) groups is 1. The van der Waals surface area contributed by atoms with E-state index in [0.29, 0.717) is 6.54 Å². The molecule has 0 saturated heterocycles. The van der Waals surface area contributed by atoms with E-state index in [4.69, 9.17) is 0 Å². The quantitative estimate of drug-likeness (QED) is 0.821. The molecule has 2 rings (SSSR count). The van der Waals surface area contributed by atoms with Gasteiger partial charge in [0, 0.05) is 13.1 Å². The second kappa shape index (κ2) is 8.71. The van der Waals surface area contributed by atoms with Crippen LogP contribution in [0.2, 0.25) is 0 Å². The Morgan fingerprint density at radius 2 is 1.90 bits per heavy atom. The van der Waals surface area contributed by atoms with Crippen molar-refractivity contribution >= 4 is 6.03 Å². The Morgan fingerprint density at radius 3 is 2.67 bits per heavy atom. The number of hydrogen-bond acceptors (Lipinski definition) is 1. The van der Waals surface area contributed by atoms with Gasteiger partial charge < -0.3 is 10.6 Å². The third-order valence-electron chi connectivity index (χ3n) is 4.34. The fourth-order valence-electron chi connectivity index (χ4n) is 3.12. The number of benzene rings is 1. The lowest BCUT2D eigenvalue weighted by molar-refractivity contribution is 0.239. The van der Waals surface area contributed by atoms with Gasteiger partial charge in [0.1, 0.15) is 0 Å². The van der Waals surface area contributed by atoms with Crippen molar-refractivity contribution in [2.75, 3.05) is 13.1 Å². The zero-order valence-electron chi connectivity index (χ0n) is 13.2. The fraction of sp³-hybridized carbons (Fsp3) is 0.611. The third kappa shape index (κ3) is 6.19. The van der Waals surface area contributed by atoms with Crippen LogP contribution < -0.4 is 10.6 Å². The van der Waals surface area contributed by atoms with Gasteiger partial charge in [0.25, 0.3) is 0 Å². The van der Waals surface area contributed by atoms with Crippen LogP contribution >= 0.6 is 0 Å². The Kier molecular flexibility index (Phi) is 6.58. The summed E-state index contributed by atoms with van der Waals surface area (Å²) in [5.74, 6) is 0.825. The van der Waals surface area contributed by atoms with Crippen LogP contribution in [-0.4, -0.2) is 19.1 Å². The minimum Gasteiger partial charge on any atom is -0.338 e. The van der Waals surface area contributed by atoms with Gasteiger partial charge in [-0.1, -0.05) is 61.9 Å². The molecule has 0 spiro atoms. The van der Waals surface area contributed by atoms with Crippen molar-refractivity contribution in [2.24, 2.45) is 5.92 Å². The molecule has 0 aliphatic heterocycles. The summed E-state index contributed by atoms with van der Waals surface area (Å²) in [6, 6.07) is 8.40. The van der Waals surface area contributed by atoms with Crippen molar-refractivity contribution in [3.63, 3.8) is 0 Å². The normalized spacial score (nSPS) is 15.7. The maximum absolute atomic E-state index is 11.7. The monoisotopic (exact) mass is 288 g/mol. The first-order valence-electron chi connectivity index (χ1n) is 8.31. The van der Waals surface area contributed by atoms with Crippen LogP contribution in [0.5, 0.6) is 0 Å². The molecule has 2 amide bonds. The van der Waals surface area contributed by atoms with E-state index < -0.39 is 0 Å². The predicted molar refractivity (Wildman–Crippen MR) is 87.5 cm³/mol. The number of urea groups is 1. The van der Waals surface area contributed by atoms with Crippen LogP contribution in [0.4, 0.5) is 4.79 Å². The van der Waals surface area contributed by atoms with E-state index in [0.717, 1.165) is 25.3 Å². The van der Waals surface area contributed by atoms with Gasteiger partial charge in [0.15, 0.2) is 0 Å². The zero-order chi connectivity index (χ0) is 14.9. The Morgan fingerprint density at radius 1 is 1.14 bits per heavy atom. The van der Waals surface area contributed by atoms with Gasteiger partial charge in [-0.2, -0.15) is 0 Å². The van der Waals surface area contributed by atoms with Gasteiger partial charge in [0.2, 0.25) is 0 Å². The largest absolute Gasteiger partial charge is 0.338 e. The first-order valence-corrected chi connectivity index (χ1v) is 8.31. The summed E-state index contributed by atoms with van der Waals surface area (Å²) in [5, 5.41) is 5.92. The molecule has 0 bridgehead atoms. The van der Waals surface area contributed by atoms with Gasteiger partial charge in [-0.15, -0.1) is 0 Å². The molecule has 0 radical (unpaired) electrons. The molecule has 1 aromatic rings. The third-order valence-corrected chi connectivity index (χ3v) is 4.34. The molecule has 3 heteroatoms. The molecule has 1 aromatic carbocycles. The number of rotatable bonds is 6. The molecule has 2 N–H and O–H groups in total. The van der Waals surface area contributed by atoms with E-state index in [1.165, 1.54) is 43.2 Å².